The molecule has 0 saturated heterocycles. The molecule has 2 aromatic rings. The average Bonchev–Trinajstić information content (AvgIpc) is 2.34. The molecule has 0 radical (unpaired) electrons. The van der Waals surface area contributed by atoms with E-state index in [4.69, 9.17) is 21.4 Å². The number of aryl methyl sites for hydroxylation is 1. The van der Waals surface area contributed by atoms with Gasteiger partial charge in [0, 0.05) is 5.02 Å². The van der Waals surface area contributed by atoms with Crippen LogP contribution >= 0.6 is 11.6 Å². The Bertz CT molecular complexity index is 591. The molecule has 0 fully saturated rings. The molecule has 0 heterocycles. The maximum absolute atomic E-state index is 10.6. The average molecular weight is 277 g/mol. The summed E-state index contributed by atoms with van der Waals surface area (Å²) >= 11 is 5.88. The van der Waals surface area contributed by atoms with E-state index in [9.17, 15) is 4.79 Å². The normalized spacial score (nSPS) is 10.2. The van der Waals surface area contributed by atoms with E-state index in [1.165, 1.54) is 0 Å². The number of rotatable bonds is 4. The standard InChI is InChI=1S/C15H13ClO3/c1-10-8-12(16)4-7-14(10)19-13-5-2-11(3-6-13)9-15(17)18/h2-8H,9H2,1H3,(H,17,18). The summed E-state index contributed by atoms with van der Waals surface area (Å²) in [6.45, 7) is 1.92. The number of carbonyl (C=O) groups is 1. The lowest BCUT2D eigenvalue weighted by Crippen LogP contribution is -1.99. The smallest absolute Gasteiger partial charge is 0.307 e. The van der Waals surface area contributed by atoms with Crippen LogP contribution in [-0.2, 0) is 11.2 Å². The van der Waals surface area contributed by atoms with E-state index in [0.717, 1.165) is 16.9 Å². The van der Waals surface area contributed by atoms with Crippen molar-refractivity contribution in [2.75, 3.05) is 0 Å². The van der Waals surface area contributed by atoms with Gasteiger partial charge in [-0.3, -0.25) is 4.79 Å². The molecule has 0 bridgehead atoms. The minimum atomic E-state index is -0.845. The van der Waals surface area contributed by atoms with Crippen molar-refractivity contribution in [2.24, 2.45) is 0 Å². The lowest BCUT2D eigenvalue weighted by Gasteiger charge is -2.09. The Morgan fingerprint density at radius 3 is 2.47 bits per heavy atom. The van der Waals surface area contributed by atoms with Crippen LogP contribution in [0.2, 0.25) is 5.02 Å². The highest BCUT2D eigenvalue weighted by Crippen LogP contribution is 2.27. The van der Waals surface area contributed by atoms with E-state index in [1.807, 2.05) is 19.1 Å². The lowest BCUT2D eigenvalue weighted by molar-refractivity contribution is -0.136. The van der Waals surface area contributed by atoms with Crippen LogP contribution in [0.25, 0.3) is 0 Å². The van der Waals surface area contributed by atoms with Gasteiger partial charge in [-0.1, -0.05) is 23.7 Å². The Hall–Kier alpha value is -2.00. The molecule has 0 aromatic heterocycles. The van der Waals surface area contributed by atoms with Gasteiger partial charge < -0.3 is 9.84 Å². The highest BCUT2D eigenvalue weighted by molar-refractivity contribution is 6.30. The molecule has 1 N–H and O–H groups in total. The first-order chi connectivity index (χ1) is 9.04. The Labute approximate surface area is 116 Å². The molecule has 2 rings (SSSR count). The van der Waals surface area contributed by atoms with E-state index >= 15 is 0 Å². The van der Waals surface area contributed by atoms with Crippen molar-refractivity contribution < 1.29 is 14.6 Å². The van der Waals surface area contributed by atoms with Crippen LogP contribution in [0, 0.1) is 6.92 Å². The van der Waals surface area contributed by atoms with Gasteiger partial charge in [0.25, 0.3) is 0 Å². The van der Waals surface area contributed by atoms with Gasteiger partial charge >= 0.3 is 5.97 Å². The first-order valence-corrected chi connectivity index (χ1v) is 6.17. The van der Waals surface area contributed by atoms with Crippen LogP contribution in [0.15, 0.2) is 42.5 Å². The van der Waals surface area contributed by atoms with Crippen LogP contribution in [0.5, 0.6) is 11.5 Å². The minimum Gasteiger partial charge on any atom is -0.481 e. The molecule has 19 heavy (non-hydrogen) atoms. The van der Waals surface area contributed by atoms with Crippen LogP contribution in [0.3, 0.4) is 0 Å². The van der Waals surface area contributed by atoms with Gasteiger partial charge in [0.1, 0.15) is 11.5 Å². The zero-order chi connectivity index (χ0) is 13.8. The Kier molecular flexibility index (Phi) is 4.07. The third kappa shape index (κ3) is 3.73. The van der Waals surface area contributed by atoms with Crippen molar-refractivity contribution >= 4 is 17.6 Å². The fourth-order valence-corrected chi connectivity index (χ4v) is 1.93. The zero-order valence-corrected chi connectivity index (χ0v) is 11.1. The quantitative estimate of drug-likeness (QED) is 0.916. The third-order valence-electron chi connectivity index (χ3n) is 2.64. The number of hydrogen-bond acceptors (Lipinski definition) is 2. The summed E-state index contributed by atoms with van der Waals surface area (Å²) in [5, 5.41) is 9.36. The van der Waals surface area contributed by atoms with E-state index in [-0.39, 0.29) is 6.42 Å². The molecular formula is C15H13ClO3. The Morgan fingerprint density at radius 1 is 1.21 bits per heavy atom. The van der Waals surface area contributed by atoms with Crippen molar-refractivity contribution in [3.8, 4) is 11.5 Å². The zero-order valence-electron chi connectivity index (χ0n) is 10.4. The van der Waals surface area contributed by atoms with E-state index in [2.05, 4.69) is 0 Å². The summed E-state index contributed by atoms with van der Waals surface area (Å²) in [7, 11) is 0. The van der Waals surface area contributed by atoms with Gasteiger partial charge in [-0.2, -0.15) is 0 Å². The summed E-state index contributed by atoms with van der Waals surface area (Å²) < 4.78 is 5.72. The highest BCUT2D eigenvalue weighted by Gasteiger charge is 2.04. The molecule has 0 aliphatic carbocycles. The minimum absolute atomic E-state index is 0.0141. The van der Waals surface area contributed by atoms with Gasteiger partial charge in [-0.05, 0) is 48.4 Å². The third-order valence-corrected chi connectivity index (χ3v) is 2.88. The maximum atomic E-state index is 10.6. The monoisotopic (exact) mass is 276 g/mol. The first kappa shape index (κ1) is 13.4. The van der Waals surface area contributed by atoms with Crippen molar-refractivity contribution in [3.05, 3.63) is 58.6 Å². The van der Waals surface area contributed by atoms with Gasteiger partial charge in [0.15, 0.2) is 0 Å². The number of hydrogen-bond donors (Lipinski definition) is 1. The van der Waals surface area contributed by atoms with Gasteiger partial charge in [0.2, 0.25) is 0 Å². The second-order valence-corrected chi connectivity index (χ2v) is 4.66. The summed E-state index contributed by atoms with van der Waals surface area (Å²) in [5.41, 5.74) is 1.69. The molecule has 3 nitrogen and oxygen atoms in total. The van der Waals surface area contributed by atoms with Crippen molar-refractivity contribution in [2.45, 2.75) is 13.3 Å². The lowest BCUT2D eigenvalue weighted by atomic mass is 10.1. The molecule has 0 aliphatic rings. The number of aliphatic carboxylic acids is 1. The molecule has 0 aliphatic heterocycles. The largest absolute Gasteiger partial charge is 0.481 e. The number of halogens is 1. The van der Waals surface area contributed by atoms with E-state index < -0.39 is 5.97 Å². The number of ether oxygens (including phenoxy) is 1. The molecule has 0 spiro atoms. The van der Waals surface area contributed by atoms with Crippen molar-refractivity contribution in [3.63, 3.8) is 0 Å². The Balaban J connectivity index is 2.13. The van der Waals surface area contributed by atoms with E-state index in [1.54, 1.807) is 30.3 Å². The van der Waals surface area contributed by atoms with Gasteiger partial charge in [-0.15, -0.1) is 0 Å². The summed E-state index contributed by atoms with van der Waals surface area (Å²) in [6.07, 6.45) is 0.0141. The molecule has 0 atom stereocenters. The Morgan fingerprint density at radius 2 is 1.89 bits per heavy atom. The molecule has 0 amide bonds. The molecule has 0 saturated carbocycles. The number of carboxylic acid groups (broad SMARTS) is 1. The van der Waals surface area contributed by atoms with Crippen LogP contribution in [0.1, 0.15) is 11.1 Å². The molecule has 0 unspecified atom stereocenters. The fourth-order valence-electron chi connectivity index (χ4n) is 1.70. The van der Waals surface area contributed by atoms with Crippen molar-refractivity contribution in [1.82, 2.24) is 0 Å². The van der Waals surface area contributed by atoms with Gasteiger partial charge in [-0.25, -0.2) is 0 Å². The first-order valence-electron chi connectivity index (χ1n) is 5.79. The predicted octanol–water partition coefficient (Wildman–Crippen LogP) is 4.07. The van der Waals surface area contributed by atoms with Gasteiger partial charge in [0.05, 0.1) is 6.42 Å². The molecular weight excluding hydrogens is 264 g/mol. The van der Waals surface area contributed by atoms with Crippen LogP contribution in [-0.4, -0.2) is 11.1 Å². The van der Waals surface area contributed by atoms with Crippen molar-refractivity contribution in [1.29, 1.82) is 0 Å². The number of carboxylic acids is 1. The number of benzene rings is 2. The van der Waals surface area contributed by atoms with Crippen LogP contribution < -0.4 is 4.74 Å². The maximum Gasteiger partial charge on any atom is 0.307 e. The fraction of sp³-hybridized carbons (Fsp3) is 0.133. The SMILES string of the molecule is Cc1cc(Cl)ccc1Oc1ccc(CC(=O)O)cc1. The van der Waals surface area contributed by atoms with E-state index in [0.29, 0.717) is 10.8 Å². The molecule has 4 heteroatoms. The second kappa shape index (κ2) is 5.76. The predicted molar refractivity (Wildman–Crippen MR) is 74.0 cm³/mol. The molecule has 98 valence electrons. The van der Waals surface area contributed by atoms with Crippen LogP contribution in [0.4, 0.5) is 0 Å². The second-order valence-electron chi connectivity index (χ2n) is 4.23. The summed E-state index contributed by atoms with van der Waals surface area (Å²) in [6, 6.07) is 12.4. The summed E-state index contributed by atoms with van der Waals surface area (Å²) in [5.74, 6) is 0.553. The summed E-state index contributed by atoms with van der Waals surface area (Å²) in [4.78, 5) is 10.6. The topological polar surface area (TPSA) is 46.5 Å². The highest BCUT2D eigenvalue weighted by atomic mass is 35.5. The molecule has 2 aromatic carbocycles.